The number of rotatable bonds is 7. The van der Waals surface area contributed by atoms with Crippen LogP contribution in [-0.2, 0) is 6.54 Å². The molecule has 4 nitrogen and oxygen atoms in total. The number of aromatic nitrogens is 1. The molecule has 0 unspecified atom stereocenters. The maximum absolute atomic E-state index is 9.96. The zero-order chi connectivity index (χ0) is 17.5. The molecule has 0 aliphatic carbocycles. The van der Waals surface area contributed by atoms with Gasteiger partial charge in [-0.25, -0.2) is 0 Å². The van der Waals surface area contributed by atoms with E-state index in [1.807, 2.05) is 43.3 Å². The second-order valence-electron chi connectivity index (χ2n) is 7.12. The van der Waals surface area contributed by atoms with Crippen LogP contribution < -0.4 is 4.74 Å². The third-order valence-electron chi connectivity index (χ3n) is 5.23. The smallest absolute Gasteiger partial charge is 0.119 e. The minimum atomic E-state index is -0.00862. The molecule has 1 saturated heterocycles. The first-order valence-electron chi connectivity index (χ1n) is 9.13. The maximum atomic E-state index is 9.96. The van der Waals surface area contributed by atoms with Gasteiger partial charge in [0.2, 0.25) is 0 Å². The lowest BCUT2D eigenvalue weighted by Gasteiger charge is -2.40. The third-order valence-corrected chi connectivity index (χ3v) is 5.23. The normalized spacial score (nSPS) is 17.4. The van der Waals surface area contributed by atoms with Gasteiger partial charge in [0, 0.05) is 18.8 Å². The van der Waals surface area contributed by atoms with Crippen LogP contribution in [0, 0.1) is 12.3 Å². The van der Waals surface area contributed by atoms with E-state index in [9.17, 15) is 5.11 Å². The number of benzene rings is 1. The fraction of sp³-hybridized carbons (Fsp3) is 0.476. The number of hydrogen-bond acceptors (Lipinski definition) is 4. The quantitative estimate of drug-likeness (QED) is 0.839. The number of piperidine rings is 1. The number of pyridine rings is 1. The summed E-state index contributed by atoms with van der Waals surface area (Å²) in [6.45, 7) is 5.82. The molecule has 0 atom stereocenters. The van der Waals surface area contributed by atoms with Gasteiger partial charge in [-0.15, -0.1) is 0 Å². The average Bonchev–Trinajstić information content (AvgIpc) is 2.64. The molecular formula is C21H28N2O2. The van der Waals surface area contributed by atoms with Crippen LogP contribution in [0.4, 0.5) is 0 Å². The SMILES string of the molecule is Cc1cccc(CN2CCC(CO)(CCOc3ccccc3)CC2)n1. The van der Waals surface area contributed by atoms with E-state index in [-0.39, 0.29) is 12.0 Å². The van der Waals surface area contributed by atoms with E-state index in [1.165, 1.54) is 0 Å². The van der Waals surface area contributed by atoms with Crippen LogP contribution in [-0.4, -0.2) is 41.3 Å². The molecule has 0 radical (unpaired) electrons. The molecule has 1 aliphatic heterocycles. The number of hydrogen-bond donors (Lipinski definition) is 1. The van der Waals surface area contributed by atoms with Crippen LogP contribution in [0.1, 0.15) is 30.7 Å². The lowest BCUT2D eigenvalue weighted by atomic mass is 9.76. The standard InChI is InChI=1S/C21H28N2O2/c1-18-6-5-7-19(22-18)16-23-13-10-21(17-24,11-14-23)12-15-25-20-8-3-2-4-9-20/h2-9,24H,10-17H2,1H3. The highest BCUT2D eigenvalue weighted by atomic mass is 16.5. The lowest BCUT2D eigenvalue weighted by molar-refractivity contribution is 0.0240. The molecular weight excluding hydrogens is 312 g/mol. The van der Waals surface area contributed by atoms with Crippen molar-refractivity contribution in [2.24, 2.45) is 5.41 Å². The number of likely N-dealkylation sites (tertiary alicyclic amines) is 1. The predicted molar refractivity (Wildman–Crippen MR) is 99.6 cm³/mol. The largest absolute Gasteiger partial charge is 0.494 e. The van der Waals surface area contributed by atoms with Crippen molar-refractivity contribution in [3.05, 3.63) is 59.9 Å². The van der Waals surface area contributed by atoms with E-state index in [0.717, 1.165) is 56.0 Å². The summed E-state index contributed by atoms with van der Waals surface area (Å²) in [5.74, 6) is 0.901. The molecule has 1 fully saturated rings. The van der Waals surface area contributed by atoms with Crippen LogP contribution in [0.15, 0.2) is 48.5 Å². The fourth-order valence-electron chi connectivity index (χ4n) is 3.49. The molecule has 2 aromatic rings. The van der Waals surface area contributed by atoms with Crippen molar-refractivity contribution >= 4 is 0 Å². The van der Waals surface area contributed by atoms with Crippen LogP contribution in [0.3, 0.4) is 0 Å². The van der Waals surface area contributed by atoms with Gasteiger partial charge >= 0.3 is 0 Å². The molecule has 1 aromatic heterocycles. The van der Waals surface area contributed by atoms with Crippen molar-refractivity contribution < 1.29 is 9.84 Å². The summed E-state index contributed by atoms with van der Waals surface area (Å²) in [6, 6.07) is 16.1. The Morgan fingerprint density at radius 1 is 1.08 bits per heavy atom. The van der Waals surface area contributed by atoms with Gasteiger partial charge in [-0.1, -0.05) is 24.3 Å². The van der Waals surface area contributed by atoms with E-state index in [0.29, 0.717) is 6.61 Å². The molecule has 0 spiro atoms. The number of aryl methyl sites for hydroxylation is 1. The first kappa shape index (κ1) is 17.9. The Morgan fingerprint density at radius 3 is 2.52 bits per heavy atom. The van der Waals surface area contributed by atoms with Crippen molar-refractivity contribution in [2.45, 2.75) is 32.7 Å². The first-order chi connectivity index (χ1) is 12.2. The van der Waals surface area contributed by atoms with Crippen LogP contribution in [0.25, 0.3) is 0 Å². The summed E-state index contributed by atoms with van der Waals surface area (Å²) in [6.07, 6.45) is 2.91. The van der Waals surface area contributed by atoms with E-state index in [4.69, 9.17) is 4.74 Å². The minimum Gasteiger partial charge on any atom is -0.494 e. The highest BCUT2D eigenvalue weighted by molar-refractivity contribution is 5.20. The average molecular weight is 340 g/mol. The van der Waals surface area contributed by atoms with Crippen LogP contribution >= 0.6 is 0 Å². The van der Waals surface area contributed by atoms with Crippen molar-refractivity contribution in [3.8, 4) is 5.75 Å². The van der Waals surface area contributed by atoms with Gasteiger partial charge < -0.3 is 9.84 Å². The Hall–Kier alpha value is -1.91. The number of para-hydroxylation sites is 1. The Labute approximate surface area is 150 Å². The van der Waals surface area contributed by atoms with Gasteiger partial charge in [0.1, 0.15) is 5.75 Å². The number of nitrogens with zero attached hydrogens (tertiary/aromatic N) is 2. The van der Waals surface area contributed by atoms with E-state index < -0.39 is 0 Å². The summed E-state index contributed by atoms with van der Waals surface area (Å²) in [7, 11) is 0. The molecule has 25 heavy (non-hydrogen) atoms. The second-order valence-corrected chi connectivity index (χ2v) is 7.12. The number of aliphatic hydroxyl groups is 1. The molecule has 1 aliphatic rings. The molecule has 1 aromatic carbocycles. The van der Waals surface area contributed by atoms with Crippen LogP contribution in [0.5, 0.6) is 5.75 Å². The van der Waals surface area contributed by atoms with Gasteiger partial charge in [0.15, 0.2) is 0 Å². The van der Waals surface area contributed by atoms with Gasteiger partial charge in [0.25, 0.3) is 0 Å². The van der Waals surface area contributed by atoms with E-state index >= 15 is 0 Å². The molecule has 1 N–H and O–H groups in total. The van der Waals surface area contributed by atoms with Crippen LogP contribution in [0.2, 0.25) is 0 Å². The number of aliphatic hydroxyl groups excluding tert-OH is 1. The summed E-state index contributed by atoms with van der Waals surface area (Å²) in [4.78, 5) is 7.03. The van der Waals surface area contributed by atoms with Gasteiger partial charge in [-0.2, -0.15) is 0 Å². The molecule has 2 heterocycles. The van der Waals surface area contributed by atoms with E-state index in [1.54, 1.807) is 0 Å². The Kier molecular flexibility index (Phi) is 6.05. The third kappa shape index (κ3) is 5.03. The highest BCUT2D eigenvalue weighted by Crippen LogP contribution is 2.35. The van der Waals surface area contributed by atoms with Crippen molar-refractivity contribution in [2.75, 3.05) is 26.3 Å². The fourth-order valence-corrected chi connectivity index (χ4v) is 3.49. The topological polar surface area (TPSA) is 45.6 Å². The molecule has 134 valence electrons. The molecule has 0 saturated carbocycles. The Balaban J connectivity index is 1.48. The Bertz CT molecular complexity index is 652. The molecule has 3 rings (SSSR count). The second kappa shape index (κ2) is 8.45. The Morgan fingerprint density at radius 2 is 1.84 bits per heavy atom. The lowest BCUT2D eigenvalue weighted by Crippen LogP contribution is -2.42. The zero-order valence-electron chi connectivity index (χ0n) is 15.0. The first-order valence-corrected chi connectivity index (χ1v) is 9.13. The van der Waals surface area contributed by atoms with E-state index in [2.05, 4.69) is 22.0 Å². The summed E-state index contributed by atoms with van der Waals surface area (Å²) < 4.78 is 5.84. The van der Waals surface area contributed by atoms with Crippen molar-refractivity contribution in [3.63, 3.8) is 0 Å². The summed E-state index contributed by atoms with van der Waals surface area (Å²) in [5, 5.41) is 9.96. The summed E-state index contributed by atoms with van der Waals surface area (Å²) >= 11 is 0. The van der Waals surface area contributed by atoms with Gasteiger partial charge in [-0.05, 0) is 69.0 Å². The predicted octanol–water partition coefficient (Wildman–Crippen LogP) is 3.43. The molecule has 0 amide bonds. The van der Waals surface area contributed by atoms with Gasteiger partial charge in [-0.3, -0.25) is 9.88 Å². The van der Waals surface area contributed by atoms with Crippen molar-refractivity contribution in [1.29, 1.82) is 0 Å². The maximum Gasteiger partial charge on any atom is 0.119 e. The minimum absolute atomic E-state index is 0.00862. The molecule has 4 heteroatoms. The monoisotopic (exact) mass is 340 g/mol. The summed E-state index contributed by atoms with van der Waals surface area (Å²) in [5.41, 5.74) is 2.19. The zero-order valence-corrected chi connectivity index (χ0v) is 15.0. The molecule has 0 bridgehead atoms. The van der Waals surface area contributed by atoms with Crippen molar-refractivity contribution in [1.82, 2.24) is 9.88 Å². The number of ether oxygens (including phenoxy) is 1. The van der Waals surface area contributed by atoms with Gasteiger partial charge in [0.05, 0.1) is 12.3 Å². The highest BCUT2D eigenvalue weighted by Gasteiger charge is 2.34.